The van der Waals surface area contributed by atoms with Crippen LogP contribution in [0.5, 0.6) is 11.5 Å². The van der Waals surface area contributed by atoms with E-state index in [2.05, 4.69) is 53.7 Å². The first kappa shape index (κ1) is 37.7. The van der Waals surface area contributed by atoms with Gasteiger partial charge in [-0.15, -0.1) is 0 Å². The van der Waals surface area contributed by atoms with Crippen molar-refractivity contribution >= 4 is 11.9 Å². The summed E-state index contributed by atoms with van der Waals surface area (Å²) in [4.78, 5) is 24.4. The van der Waals surface area contributed by atoms with E-state index >= 15 is 0 Å². The number of ether oxygens (including phenoxy) is 6. The molecule has 0 atom stereocenters. The van der Waals surface area contributed by atoms with Crippen LogP contribution in [0.4, 0.5) is 0 Å². The zero-order chi connectivity index (χ0) is 31.4. The number of rotatable bonds is 24. The largest absolute Gasteiger partial charge is 0.496 e. The highest BCUT2D eigenvalue weighted by Gasteiger charge is 2.31. The van der Waals surface area contributed by atoms with Crippen molar-refractivity contribution < 1.29 is 38.0 Å². The van der Waals surface area contributed by atoms with Crippen LogP contribution in [0.25, 0.3) is 0 Å². The molecule has 0 aliphatic rings. The van der Waals surface area contributed by atoms with Crippen LogP contribution in [0.2, 0.25) is 0 Å². The Morgan fingerprint density at radius 2 is 0.976 bits per heavy atom. The van der Waals surface area contributed by atoms with Crippen LogP contribution in [0.15, 0.2) is 12.1 Å². The van der Waals surface area contributed by atoms with Crippen LogP contribution in [0.3, 0.4) is 0 Å². The van der Waals surface area contributed by atoms with Gasteiger partial charge >= 0.3 is 11.9 Å². The molecule has 0 radical (unpaired) electrons. The van der Waals surface area contributed by atoms with E-state index in [1.54, 1.807) is 14.2 Å². The second kappa shape index (κ2) is 20.6. The number of carbonyl (C=O) groups excluding carboxylic acids is 2. The lowest BCUT2D eigenvalue weighted by atomic mass is 9.75. The molecule has 0 saturated carbocycles. The summed E-state index contributed by atoms with van der Waals surface area (Å²) >= 11 is 0. The molecule has 0 aliphatic carbocycles. The molecule has 1 rings (SSSR count). The fraction of sp³-hybridized carbons (Fsp3) is 0.765. The lowest BCUT2D eigenvalue weighted by Gasteiger charge is -2.32. The third-order valence-electron chi connectivity index (χ3n) is 7.61. The lowest BCUT2D eigenvalue weighted by molar-refractivity contribution is -0.146. The zero-order valence-electron chi connectivity index (χ0n) is 27.7. The van der Waals surface area contributed by atoms with Gasteiger partial charge in [0, 0.05) is 37.2 Å². The molecule has 0 N–H and O–H groups in total. The topological polar surface area (TPSA) is 89.5 Å². The summed E-state index contributed by atoms with van der Waals surface area (Å²) in [6, 6.07) is 4.13. The summed E-state index contributed by atoms with van der Waals surface area (Å²) in [6.07, 6.45) is 7.87. The molecular formula is C34H58O8. The van der Waals surface area contributed by atoms with E-state index in [0.29, 0.717) is 65.3 Å². The van der Waals surface area contributed by atoms with Crippen molar-refractivity contribution in [2.45, 2.75) is 117 Å². The highest BCUT2D eigenvalue weighted by molar-refractivity contribution is 5.69. The Bertz CT molecular complexity index is 835. The Balaban J connectivity index is 2.72. The Morgan fingerprint density at radius 1 is 0.595 bits per heavy atom. The predicted molar refractivity (Wildman–Crippen MR) is 167 cm³/mol. The van der Waals surface area contributed by atoms with Crippen LogP contribution in [-0.4, -0.2) is 65.8 Å². The van der Waals surface area contributed by atoms with E-state index in [4.69, 9.17) is 28.4 Å². The molecule has 0 unspecified atom stereocenters. The minimum Gasteiger partial charge on any atom is -0.496 e. The summed E-state index contributed by atoms with van der Waals surface area (Å²) in [7, 11) is 3.36. The van der Waals surface area contributed by atoms with Crippen molar-refractivity contribution in [2.75, 3.05) is 53.9 Å². The Labute approximate surface area is 255 Å². The fourth-order valence-corrected chi connectivity index (χ4v) is 4.84. The van der Waals surface area contributed by atoms with E-state index in [9.17, 15) is 9.59 Å². The average molecular weight is 595 g/mol. The Hall–Kier alpha value is -2.32. The van der Waals surface area contributed by atoms with E-state index in [1.807, 2.05) is 0 Å². The van der Waals surface area contributed by atoms with Gasteiger partial charge in [-0.05, 0) is 61.5 Å². The number of carbonyl (C=O) groups is 2. The van der Waals surface area contributed by atoms with Crippen LogP contribution in [-0.2, 0) is 39.4 Å². The molecule has 0 amide bonds. The van der Waals surface area contributed by atoms with E-state index in [-0.39, 0.29) is 22.8 Å². The Morgan fingerprint density at radius 3 is 1.31 bits per heavy atom. The molecule has 1 aromatic carbocycles. The quantitative estimate of drug-likeness (QED) is 0.0909. The van der Waals surface area contributed by atoms with E-state index in [1.165, 1.54) is 0 Å². The van der Waals surface area contributed by atoms with Gasteiger partial charge in [-0.2, -0.15) is 0 Å². The molecule has 0 bridgehead atoms. The van der Waals surface area contributed by atoms with E-state index < -0.39 is 0 Å². The van der Waals surface area contributed by atoms with Gasteiger partial charge in [-0.1, -0.05) is 54.4 Å². The molecule has 0 aliphatic heterocycles. The van der Waals surface area contributed by atoms with Gasteiger partial charge in [0.05, 0.1) is 27.4 Å². The number of hydrogen-bond donors (Lipinski definition) is 0. The van der Waals surface area contributed by atoms with Crippen LogP contribution >= 0.6 is 0 Å². The fourth-order valence-electron chi connectivity index (χ4n) is 4.84. The first-order chi connectivity index (χ1) is 20.0. The Kier molecular flexibility index (Phi) is 18.5. The molecule has 0 spiro atoms. The van der Waals surface area contributed by atoms with Gasteiger partial charge in [0.2, 0.25) is 0 Å². The van der Waals surface area contributed by atoms with Crippen molar-refractivity contribution in [1.82, 2.24) is 0 Å². The van der Waals surface area contributed by atoms with Gasteiger partial charge in [-0.3, -0.25) is 9.59 Å². The van der Waals surface area contributed by atoms with Crippen LogP contribution in [0.1, 0.15) is 117 Å². The molecule has 1 aromatic rings. The minimum atomic E-state index is -0.255. The molecule has 8 nitrogen and oxygen atoms in total. The summed E-state index contributed by atoms with van der Waals surface area (Å²) in [5, 5.41) is 0. The molecule has 0 heterocycles. The number of esters is 2. The van der Waals surface area contributed by atoms with Crippen LogP contribution < -0.4 is 9.47 Å². The van der Waals surface area contributed by atoms with Gasteiger partial charge in [0.15, 0.2) is 0 Å². The van der Waals surface area contributed by atoms with Crippen molar-refractivity contribution in [1.29, 1.82) is 0 Å². The second-order valence-electron chi connectivity index (χ2n) is 12.1. The third kappa shape index (κ3) is 14.2. The summed E-state index contributed by atoms with van der Waals surface area (Å²) < 4.78 is 33.3. The maximum absolute atomic E-state index is 12.2. The first-order valence-corrected chi connectivity index (χ1v) is 15.8. The predicted octanol–water partition coefficient (Wildman–Crippen LogP) is 7.32. The maximum atomic E-state index is 12.2. The molecule has 0 fully saturated rings. The van der Waals surface area contributed by atoms with Gasteiger partial charge in [0.1, 0.15) is 24.7 Å². The van der Waals surface area contributed by atoms with Gasteiger partial charge in [-0.25, -0.2) is 0 Å². The molecule has 0 aromatic heterocycles. The zero-order valence-corrected chi connectivity index (χ0v) is 27.7. The van der Waals surface area contributed by atoms with Crippen molar-refractivity contribution in [2.24, 2.45) is 0 Å². The maximum Gasteiger partial charge on any atom is 0.305 e. The molecule has 242 valence electrons. The highest BCUT2D eigenvalue weighted by Crippen LogP contribution is 2.44. The molecule has 0 saturated heterocycles. The number of hydrogen-bond acceptors (Lipinski definition) is 8. The minimum absolute atomic E-state index is 0.198. The molecule has 42 heavy (non-hydrogen) atoms. The van der Waals surface area contributed by atoms with Crippen LogP contribution in [0, 0.1) is 0 Å². The smallest absolute Gasteiger partial charge is 0.305 e. The molecule has 8 heteroatoms. The first-order valence-electron chi connectivity index (χ1n) is 15.8. The van der Waals surface area contributed by atoms with Gasteiger partial charge < -0.3 is 28.4 Å². The summed E-state index contributed by atoms with van der Waals surface area (Å²) in [6.45, 7) is 15.7. The highest BCUT2D eigenvalue weighted by atomic mass is 16.6. The average Bonchev–Trinajstić information content (AvgIpc) is 2.95. The van der Waals surface area contributed by atoms with Crippen molar-refractivity contribution in [3.8, 4) is 11.5 Å². The summed E-state index contributed by atoms with van der Waals surface area (Å²) in [5.41, 5.74) is 1.55. The SMILES string of the molecule is CCCCOCCOC(=O)CCCC(C)(C)c1cc(OC)c(C(C)(C)CCCC(=O)OCCOCCCC)cc1OC. The third-order valence-corrected chi connectivity index (χ3v) is 7.61. The number of methoxy groups -OCH3 is 2. The monoisotopic (exact) mass is 594 g/mol. The normalized spacial score (nSPS) is 11.8. The second-order valence-corrected chi connectivity index (χ2v) is 12.1. The van der Waals surface area contributed by atoms with Gasteiger partial charge in [0.25, 0.3) is 0 Å². The van der Waals surface area contributed by atoms with Crippen molar-refractivity contribution in [3.05, 3.63) is 23.3 Å². The standard InChI is InChI=1S/C34H58O8/c1-9-11-19-39-21-23-41-31(35)15-13-17-33(3,4)27-25-30(38-8)28(26-29(27)37-7)34(5,6)18-14-16-32(36)42-24-22-40-20-12-10-2/h25-26H,9-24H2,1-8H3. The van der Waals surface area contributed by atoms with E-state index in [0.717, 1.165) is 61.2 Å². The molecular weight excluding hydrogens is 536 g/mol. The van der Waals surface area contributed by atoms with Crippen molar-refractivity contribution in [3.63, 3.8) is 0 Å². The number of unbranched alkanes of at least 4 members (excludes halogenated alkanes) is 2. The lowest BCUT2D eigenvalue weighted by Crippen LogP contribution is -2.23. The summed E-state index contributed by atoms with van der Waals surface area (Å²) in [5.74, 6) is 1.18. The number of benzene rings is 1.